The molecule has 2 aromatic rings. The molecule has 2 rings (SSSR count). The Morgan fingerprint density at radius 3 is 2.44 bits per heavy atom. The van der Waals surface area contributed by atoms with E-state index in [2.05, 4.69) is 28.7 Å². The lowest BCUT2D eigenvalue weighted by Crippen LogP contribution is -2.22. The van der Waals surface area contributed by atoms with E-state index in [1.807, 2.05) is 30.5 Å². The number of para-hydroxylation sites is 2. The summed E-state index contributed by atoms with van der Waals surface area (Å²) in [6.45, 7) is 7.30. The van der Waals surface area contributed by atoms with Gasteiger partial charge in [0.15, 0.2) is 0 Å². The molecule has 3 nitrogen and oxygen atoms in total. The lowest BCUT2D eigenvalue weighted by Gasteiger charge is -2.17. The van der Waals surface area contributed by atoms with E-state index in [1.165, 1.54) is 0 Å². The normalized spacial score (nSPS) is 11.2. The van der Waals surface area contributed by atoms with E-state index < -0.39 is 0 Å². The van der Waals surface area contributed by atoms with Crippen LogP contribution in [0, 0.1) is 0 Å². The van der Waals surface area contributed by atoms with Crippen molar-refractivity contribution in [2.45, 2.75) is 20.4 Å². The Morgan fingerprint density at radius 1 is 1.06 bits per heavy atom. The van der Waals surface area contributed by atoms with Crippen LogP contribution in [0.15, 0.2) is 30.5 Å². The molecule has 1 aromatic heterocycles. The van der Waals surface area contributed by atoms with Gasteiger partial charge in [0.2, 0.25) is 0 Å². The molecule has 0 aliphatic heterocycles. The van der Waals surface area contributed by atoms with Gasteiger partial charge in [-0.15, -0.1) is 0 Å². The largest absolute Gasteiger partial charge is 0.298 e. The van der Waals surface area contributed by atoms with Crippen molar-refractivity contribution in [2.75, 3.05) is 13.1 Å². The molecule has 0 N–H and O–H groups in total. The van der Waals surface area contributed by atoms with Crippen LogP contribution in [-0.2, 0) is 6.54 Å². The molecule has 3 heteroatoms. The summed E-state index contributed by atoms with van der Waals surface area (Å²) in [6.07, 6.45) is 1.88. The van der Waals surface area contributed by atoms with Crippen molar-refractivity contribution >= 4 is 11.0 Å². The fraction of sp³-hybridized carbons (Fsp3) is 0.385. The molecule has 0 atom stereocenters. The zero-order chi connectivity index (χ0) is 11.4. The van der Waals surface area contributed by atoms with Gasteiger partial charge >= 0.3 is 0 Å². The second-order valence-corrected chi connectivity index (χ2v) is 3.81. The van der Waals surface area contributed by atoms with Crippen molar-refractivity contribution in [3.63, 3.8) is 0 Å². The number of rotatable bonds is 4. The second-order valence-electron chi connectivity index (χ2n) is 3.81. The van der Waals surface area contributed by atoms with Gasteiger partial charge in [-0.3, -0.25) is 9.88 Å². The van der Waals surface area contributed by atoms with E-state index in [-0.39, 0.29) is 0 Å². The minimum Gasteiger partial charge on any atom is -0.298 e. The van der Waals surface area contributed by atoms with Crippen LogP contribution in [-0.4, -0.2) is 28.0 Å². The van der Waals surface area contributed by atoms with Gasteiger partial charge in [0.1, 0.15) is 0 Å². The lowest BCUT2D eigenvalue weighted by molar-refractivity contribution is 0.292. The molecule has 0 radical (unpaired) electrons. The number of hydrogen-bond donors (Lipinski definition) is 0. The van der Waals surface area contributed by atoms with Crippen LogP contribution in [0.4, 0.5) is 0 Å². The summed E-state index contributed by atoms with van der Waals surface area (Å²) in [4.78, 5) is 11.4. The molecular weight excluding hydrogens is 198 g/mol. The Bertz CT molecular complexity index is 463. The van der Waals surface area contributed by atoms with Gasteiger partial charge in [-0.25, -0.2) is 4.98 Å². The maximum atomic E-state index is 4.61. The minimum atomic E-state index is 0.880. The summed E-state index contributed by atoms with van der Waals surface area (Å²) in [7, 11) is 0. The zero-order valence-corrected chi connectivity index (χ0v) is 9.85. The predicted octanol–water partition coefficient (Wildman–Crippen LogP) is 2.47. The van der Waals surface area contributed by atoms with E-state index in [9.17, 15) is 0 Å². The molecule has 84 valence electrons. The second kappa shape index (κ2) is 5.03. The fourth-order valence-corrected chi connectivity index (χ4v) is 1.75. The topological polar surface area (TPSA) is 29.0 Å². The average Bonchev–Trinajstić information content (AvgIpc) is 2.35. The number of aromatic nitrogens is 2. The molecule has 0 fully saturated rings. The van der Waals surface area contributed by atoms with E-state index in [4.69, 9.17) is 0 Å². The van der Waals surface area contributed by atoms with Gasteiger partial charge in [-0.2, -0.15) is 0 Å². The predicted molar refractivity (Wildman–Crippen MR) is 66.2 cm³/mol. The molecule has 0 aliphatic carbocycles. The number of nitrogens with zero attached hydrogens (tertiary/aromatic N) is 3. The van der Waals surface area contributed by atoms with Gasteiger partial charge < -0.3 is 0 Å². The molecule has 0 bridgehead atoms. The summed E-state index contributed by atoms with van der Waals surface area (Å²) in [5.41, 5.74) is 2.99. The maximum absolute atomic E-state index is 4.61. The molecule has 16 heavy (non-hydrogen) atoms. The molecule has 0 spiro atoms. The van der Waals surface area contributed by atoms with Crippen LogP contribution in [0.5, 0.6) is 0 Å². The Labute approximate surface area is 96.1 Å². The highest BCUT2D eigenvalue weighted by molar-refractivity contribution is 5.73. The van der Waals surface area contributed by atoms with Gasteiger partial charge in [-0.05, 0) is 25.2 Å². The van der Waals surface area contributed by atoms with Crippen molar-refractivity contribution in [2.24, 2.45) is 0 Å². The van der Waals surface area contributed by atoms with Crippen LogP contribution >= 0.6 is 0 Å². The van der Waals surface area contributed by atoms with E-state index >= 15 is 0 Å². The third-order valence-electron chi connectivity index (χ3n) is 2.78. The third kappa shape index (κ3) is 2.36. The molecule has 1 aromatic carbocycles. The van der Waals surface area contributed by atoms with Gasteiger partial charge in [0, 0.05) is 6.54 Å². The van der Waals surface area contributed by atoms with Crippen LogP contribution in [0.3, 0.4) is 0 Å². The Balaban J connectivity index is 2.25. The summed E-state index contributed by atoms with van der Waals surface area (Å²) in [5.74, 6) is 0. The highest BCUT2D eigenvalue weighted by Gasteiger charge is 2.03. The first-order valence-corrected chi connectivity index (χ1v) is 5.76. The van der Waals surface area contributed by atoms with Crippen molar-refractivity contribution in [1.29, 1.82) is 0 Å². The molecule has 0 aliphatic rings. The zero-order valence-electron chi connectivity index (χ0n) is 9.85. The Hall–Kier alpha value is -1.48. The minimum absolute atomic E-state index is 0.880. The van der Waals surface area contributed by atoms with E-state index in [0.717, 1.165) is 36.4 Å². The summed E-state index contributed by atoms with van der Waals surface area (Å²) < 4.78 is 0. The first kappa shape index (κ1) is 11.0. The number of fused-ring (bicyclic) bond motifs is 1. The average molecular weight is 215 g/mol. The first-order chi connectivity index (χ1) is 7.83. The first-order valence-electron chi connectivity index (χ1n) is 5.76. The summed E-state index contributed by atoms with van der Waals surface area (Å²) in [5, 5.41) is 0. The maximum Gasteiger partial charge on any atom is 0.0890 e. The molecular formula is C13H17N3. The SMILES string of the molecule is CCN(CC)Cc1cnc2ccccc2n1. The lowest BCUT2D eigenvalue weighted by atomic mass is 10.3. The van der Waals surface area contributed by atoms with Crippen molar-refractivity contribution in [1.82, 2.24) is 14.9 Å². The van der Waals surface area contributed by atoms with Crippen molar-refractivity contribution in [3.8, 4) is 0 Å². The molecule has 0 amide bonds. The number of hydrogen-bond acceptors (Lipinski definition) is 3. The fourth-order valence-electron chi connectivity index (χ4n) is 1.75. The van der Waals surface area contributed by atoms with Crippen LogP contribution in [0.2, 0.25) is 0 Å². The molecule has 0 saturated carbocycles. The van der Waals surface area contributed by atoms with Crippen LogP contribution in [0.1, 0.15) is 19.5 Å². The Morgan fingerprint density at radius 2 is 1.75 bits per heavy atom. The highest BCUT2D eigenvalue weighted by Crippen LogP contribution is 2.09. The van der Waals surface area contributed by atoms with E-state index in [1.54, 1.807) is 0 Å². The molecule has 0 unspecified atom stereocenters. The molecule has 0 saturated heterocycles. The van der Waals surface area contributed by atoms with E-state index in [0.29, 0.717) is 0 Å². The van der Waals surface area contributed by atoms with Crippen LogP contribution < -0.4 is 0 Å². The quantitative estimate of drug-likeness (QED) is 0.784. The summed E-state index contributed by atoms with van der Waals surface area (Å²) >= 11 is 0. The van der Waals surface area contributed by atoms with Gasteiger partial charge in [0.05, 0.1) is 22.9 Å². The van der Waals surface area contributed by atoms with Gasteiger partial charge in [-0.1, -0.05) is 26.0 Å². The van der Waals surface area contributed by atoms with Gasteiger partial charge in [0.25, 0.3) is 0 Å². The summed E-state index contributed by atoms with van der Waals surface area (Å²) in [6, 6.07) is 7.98. The highest BCUT2D eigenvalue weighted by atomic mass is 15.1. The smallest absolute Gasteiger partial charge is 0.0890 e. The monoisotopic (exact) mass is 215 g/mol. The standard InChI is InChI=1S/C13H17N3/c1-3-16(4-2)10-11-9-14-12-7-5-6-8-13(12)15-11/h5-9H,3-4,10H2,1-2H3. The van der Waals surface area contributed by atoms with Crippen molar-refractivity contribution < 1.29 is 0 Å². The Kier molecular flexibility index (Phi) is 3.47. The van der Waals surface area contributed by atoms with Crippen LogP contribution in [0.25, 0.3) is 11.0 Å². The third-order valence-corrected chi connectivity index (χ3v) is 2.78. The molecule has 1 heterocycles. The number of benzene rings is 1. The van der Waals surface area contributed by atoms with Crippen molar-refractivity contribution in [3.05, 3.63) is 36.2 Å².